The Bertz CT molecular complexity index is 4280. The summed E-state index contributed by atoms with van der Waals surface area (Å²) in [6.07, 6.45) is 0. The lowest BCUT2D eigenvalue weighted by atomic mass is 10.0. The minimum absolute atomic E-state index is 1.14. The number of aryl methyl sites for hydroxylation is 1. The van der Waals surface area contributed by atoms with Crippen LogP contribution in [0.3, 0.4) is 0 Å². The van der Waals surface area contributed by atoms with Crippen LogP contribution < -0.4 is 0 Å². The topological polar surface area (TPSA) is 19.7 Å². The van der Waals surface area contributed by atoms with Crippen molar-refractivity contribution >= 4 is 110 Å². The van der Waals surface area contributed by atoms with Crippen molar-refractivity contribution < 1.29 is 0 Å². The summed E-state index contributed by atoms with van der Waals surface area (Å²) in [5, 5.41) is 9.91. The predicted molar refractivity (Wildman–Crippen MR) is 287 cm³/mol. The normalized spacial score (nSPS) is 12.1. The molecule has 0 radical (unpaired) electrons. The van der Waals surface area contributed by atoms with Gasteiger partial charge in [0.1, 0.15) is 0 Å². The maximum absolute atomic E-state index is 2.47. The summed E-state index contributed by atoms with van der Waals surface area (Å²) in [7, 11) is 0. The summed E-state index contributed by atoms with van der Waals surface area (Å²) in [6, 6.07) is 80.8. The zero-order valence-electron chi connectivity index (χ0n) is 36.0. The Hall–Kier alpha value is -7.87. The molecular formula is C61H39IN4. The van der Waals surface area contributed by atoms with Gasteiger partial charge in [0.05, 0.1) is 44.1 Å². The van der Waals surface area contributed by atoms with Crippen LogP contribution in [0.5, 0.6) is 0 Å². The van der Waals surface area contributed by atoms with Gasteiger partial charge >= 0.3 is 0 Å². The molecule has 4 nitrogen and oxygen atoms in total. The van der Waals surface area contributed by atoms with E-state index in [1.54, 1.807) is 0 Å². The number of aromatic nitrogens is 4. The molecular weight excluding hydrogens is 916 g/mol. The first-order valence-corrected chi connectivity index (χ1v) is 23.6. The summed E-state index contributed by atoms with van der Waals surface area (Å²) < 4.78 is 11.0. The lowest BCUT2D eigenvalue weighted by Crippen LogP contribution is -1.95. The fourth-order valence-corrected chi connectivity index (χ4v) is 11.3. The van der Waals surface area contributed by atoms with Crippen molar-refractivity contribution in [1.82, 2.24) is 18.3 Å². The monoisotopic (exact) mass is 954 g/mol. The van der Waals surface area contributed by atoms with Gasteiger partial charge in [0, 0.05) is 69.4 Å². The van der Waals surface area contributed by atoms with Crippen LogP contribution in [0.15, 0.2) is 218 Å². The second-order valence-corrected chi connectivity index (χ2v) is 18.8. The third-order valence-electron chi connectivity index (χ3n) is 13.8. The molecule has 310 valence electrons. The lowest BCUT2D eigenvalue weighted by Gasteiger charge is -2.11. The molecule has 0 fully saturated rings. The van der Waals surface area contributed by atoms with Crippen molar-refractivity contribution in [2.45, 2.75) is 6.92 Å². The first kappa shape index (κ1) is 37.5. The fraction of sp³-hybridized carbons (Fsp3) is 0.0164. The van der Waals surface area contributed by atoms with Gasteiger partial charge in [-0.05, 0) is 155 Å². The molecule has 0 bridgehead atoms. The molecule has 66 heavy (non-hydrogen) atoms. The van der Waals surface area contributed by atoms with Gasteiger partial charge in [-0.2, -0.15) is 0 Å². The van der Waals surface area contributed by atoms with Gasteiger partial charge in [-0.25, -0.2) is 0 Å². The van der Waals surface area contributed by atoms with E-state index in [9.17, 15) is 0 Å². The highest BCUT2D eigenvalue weighted by Crippen LogP contribution is 2.43. The van der Waals surface area contributed by atoms with E-state index in [2.05, 4.69) is 266 Å². The molecule has 0 saturated carbocycles. The van der Waals surface area contributed by atoms with E-state index < -0.39 is 0 Å². The van der Waals surface area contributed by atoms with Crippen molar-refractivity contribution in [3.8, 4) is 33.9 Å². The van der Waals surface area contributed by atoms with Gasteiger partial charge in [0.25, 0.3) is 0 Å². The highest BCUT2D eigenvalue weighted by atomic mass is 127. The first-order valence-electron chi connectivity index (χ1n) is 22.5. The van der Waals surface area contributed by atoms with Crippen molar-refractivity contribution in [2.75, 3.05) is 0 Å². The van der Waals surface area contributed by atoms with Gasteiger partial charge in [0.15, 0.2) is 0 Å². The summed E-state index contributed by atoms with van der Waals surface area (Å²) in [6.45, 7) is 2.17. The van der Waals surface area contributed by atoms with Gasteiger partial charge in [-0.3, -0.25) is 0 Å². The number of rotatable bonds is 5. The summed E-state index contributed by atoms with van der Waals surface area (Å²) >= 11 is 2.41. The number of para-hydroxylation sites is 4. The summed E-state index contributed by atoms with van der Waals surface area (Å²) in [5.74, 6) is 0. The van der Waals surface area contributed by atoms with Crippen molar-refractivity contribution in [2.24, 2.45) is 0 Å². The maximum Gasteiger partial charge on any atom is 0.0548 e. The van der Waals surface area contributed by atoms with Gasteiger partial charge in [0.2, 0.25) is 0 Å². The van der Waals surface area contributed by atoms with Crippen LogP contribution in [0.2, 0.25) is 0 Å². The Kier molecular flexibility index (Phi) is 8.13. The smallest absolute Gasteiger partial charge is 0.0548 e. The van der Waals surface area contributed by atoms with Crippen LogP contribution in [-0.4, -0.2) is 18.3 Å². The van der Waals surface area contributed by atoms with Crippen LogP contribution in [0.1, 0.15) is 5.56 Å². The quantitative estimate of drug-likeness (QED) is 0.153. The lowest BCUT2D eigenvalue weighted by molar-refractivity contribution is 1.17. The van der Waals surface area contributed by atoms with Gasteiger partial charge in [-0.1, -0.05) is 109 Å². The fourth-order valence-electron chi connectivity index (χ4n) is 10.9. The van der Waals surface area contributed by atoms with Crippen LogP contribution in [0.25, 0.3) is 121 Å². The molecule has 4 heterocycles. The number of nitrogens with zero attached hydrogens (tertiary/aromatic N) is 4. The Morgan fingerprint density at radius 2 is 0.621 bits per heavy atom. The molecule has 4 aromatic heterocycles. The van der Waals surface area contributed by atoms with Crippen LogP contribution in [0.4, 0.5) is 0 Å². The van der Waals surface area contributed by atoms with Crippen molar-refractivity contribution in [3.05, 3.63) is 228 Å². The molecule has 5 heteroatoms. The average Bonchev–Trinajstić information content (AvgIpc) is 4.07. The van der Waals surface area contributed by atoms with E-state index in [-0.39, 0.29) is 0 Å². The number of fused-ring (bicyclic) bond motifs is 12. The molecule has 0 aliphatic carbocycles. The van der Waals surface area contributed by atoms with Crippen LogP contribution in [-0.2, 0) is 0 Å². The largest absolute Gasteiger partial charge is 0.309 e. The maximum atomic E-state index is 2.47. The minimum atomic E-state index is 1.14. The van der Waals surface area contributed by atoms with E-state index in [0.29, 0.717) is 0 Å². The minimum Gasteiger partial charge on any atom is -0.309 e. The third-order valence-corrected chi connectivity index (χ3v) is 14.5. The Labute approximate surface area is 393 Å². The Balaban J connectivity index is 1.02. The van der Waals surface area contributed by atoms with Crippen LogP contribution in [0, 0.1) is 10.5 Å². The van der Waals surface area contributed by atoms with Gasteiger partial charge < -0.3 is 18.3 Å². The van der Waals surface area contributed by atoms with Crippen molar-refractivity contribution in [3.63, 3.8) is 0 Å². The van der Waals surface area contributed by atoms with E-state index in [0.717, 1.165) is 17.1 Å². The zero-order chi connectivity index (χ0) is 43.6. The first-order chi connectivity index (χ1) is 32.6. The van der Waals surface area contributed by atoms with Crippen LogP contribution >= 0.6 is 22.6 Å². The SMILES string of the molecule is Cc1cccc(-n2c3ccccc3c3cc4c(cc32)c2ccc(-c3ccc5c6cc7c(cc6n(-c6ccc(I)cc6)c5c3)c3ccccc3n7-c3ccccc3)cc2n4-c2ccccc2)c1. The second kappa shape index (κ2) is 14.3. The van der Waals surface area contributed by atoms with E-state index in [1.807, 2.05) is 0 Å². The molecule has 0 N–H and O–H groups in total. The summed E-state index contributed by atoms with van der Waals surface area (Å²) in [5.41, 5.74) is 17.8. The van der Waals surface area contributed by atoms with E-state index in [4.69, 9.17) is 0 Å². The van der Waals surface area contributed by atoms with E-state index in [1.165, 1.54) is 113 Å². The van der Waals surface area contributed by atoms with E-state index >= 15 is 0 Å². The van der Waals surface area contributed by atoms with Crippen molar-refractivity contribution in [1.29, 1.82) is 0 Å². The molecule has 0 amide bonds. The standard InChI is InChI=1S/C61H39IN4/c1-38-13-12-18-45(31-38)66-55-22-11-9-20-47(55)51-35-59-53(37-61(51)66)48-29-23-39(32-56(48)64(59)43-16-6-3-7-17-43)40-24-30-49-52-36-58-50(34-60(52)65(57(49)33-40)44-27-25-41(62)26-28-44)46-19-8-10-21-54(46)63(58)42-14-4-2-5-15-42/h2-37H,1H3. The molecule has 0 saturated heterocycles. The molecule has 0 spiro atoms. The molecule has 14 aromatic rings. The zero-order valence-corrected chi connectivity index (χ0v) is 38.1. The predicted octanol–water partition coefficient (Wildman–Crippen LogP) is 16.7. The molecule has 0 aliphatic rings. The highest BCUT2D eigenvalue weighted by Gasteiger charge is 2.22. The highest BCUT2D eigenvalue weighted by molar-refractivity contribution is 14.1. The Morgan fingerprint density at radius 3 is 1.09 bits per heavy atom. The molecule has 0 atom stereocenters. The number of hydrogen-bond donors (Lipinski definition) is 0. The number of hydrogen-bond acceptors (Lipinski definition) is 0. The third kappa shape index (κ3) is 5.50. The Morgan fingerprint density at radius 1 is 0.258 bits per heavy atom. The van der Waals surface area contributed by atoms with Gasteiger partial charge in [-0.15, -0.1) is 0 Å². The molecule has 0 unspecified atom stereocenters. The average molecular weight is 955 g/mol. The number of benzene rings is 10. The second-order valence-electron chi connectivity index (χ2n) is 17.6. The summed E-state index contributed by atoms with van der Waals surface area (Å²) in [4.78, 5) is 0. The molecule has 14 rings (SSSR count). The molecule has 0 aliphatic heterocycles. The molecule has 10 aromatic carbocycles. The number of halogens is 1.